The van der Waals surface area contributed by atoms with Crippen molar-refractivity contribution < 1.29 is 4.39 Å². The Morgan fingerprint density at radius 3 is 2.88 bits per heavy atom. The van der Waals surface area contributed by atoms with E-state index in [2.05, 4.69) is 5.10 Å². The third kappa shape index (κ3) is 2.65. The summed E-state index contributed by atoms with van der Waals surface area (Å²) < 4.78 is 15.0. The van der Waals surface area contributed by atoms with Crippen LogP contribution < -0.4 is 5.73 Å². The molecule has 0 bridgehead atoms. The van der Waals surface area contributed by atoms with Crippen LogP contribution in [0, 0.1) is 5.82 Å². The molecule has 0 fully saturated rings. The smallest absolute Gasteiger partial charge is 0.125 e. The van der Waals surface area contributed by atoms with E-state index in [4.69, 9.17) is 17.3 Å². The van der Waals surface area contributed by atoms with Crippen LogP contribution in [0.5, 0.6) is 0 Å². The van der Waals surface area contributed by atoms with Gasteiger partial charge in [0.05, 0.1) is 11.7 Å². The van der Waals surface area contributed by atoms with E-state index in [1.165, 1.54) is 12.1 Å². The fraction of sp³-hybridized carbons (Fsp3) is 0.250. The van der Waals surface area contributed by atoms with Crippen LogP contribution in [0.25, 0.3) is 11.3 Å². The quantitative estimate of drug-likeness (QED) is 0.914. The second kappa shape index (κ2) is 4.85. The van der Waals surface area contributed by atoms with Crippen molar-refractivity contribution in [2.45, 2.75) is 13.0 Å². The lowest BCUT2D eigenvalue weighted by Gasteiger charge is -2.08. The number of halogens is 2. The van der Waals surface area contributed by atoms with Gasteiger partial charge in [-0.1, -0.05) is 11.6 Å². The molecule has 0 saturated heterocycles. The molecule has 0 spiro atoms. The van der Waals surface area contributed by atoms with E-state index in [1.807, 2.05) is 19.2 Å². The summed E-state index contributed by atoms with van der Waals surface area (Å²) in [6.45, 7) is 2.47. The Kier molecular flexibility index (Phi) is 3.45. The lowest BCUT2D eigenvalue weighted by atomic mass is 10.1. The fourth-order valence-electron chi connectivity index (χ4n) is 1.55. The van der Waals surface area contributed by atoms with E-state index in [0.29, 0.717) is 22.8 Å². The lowest BCUT2D eigenvalue weighted by molar-refractivity contribution is 0.502. The molecule has 1 heterocycles. The van der Waals surface area contributed by atoms with Crippen LogP contribution in [0.3, 0.4) is 0 Å². The first-order chi connectivity index (χ1) is 8.10. The molecule has 0 amide bonds. The highest BCUT2D eigenvalue weighted by Gasteiger charge is 2.08. The van der Waals surface area contributed by atoms with Gasteiger partial charge in [0, 0.05) is 23.3 Å². The molecule has 0 saturated carbocycles. The number of hydrogen-bond acceptors (Lipinski definition) is 2. The van der Waals surface area contributed by atoms with Crippen LogP contribution in [0.2, 0.25) is 5.02 Å². The second-order valence-corrected chi connectivity index (χ2v) is 4.36. The summed E-state index contributed by atoms with van der Waals surface area (Å²) >= 11 is 5.80. The summed E-state index contributed by atoms with van der Waals surface area (Å²) in [5.41, 5.74) is 6.91. The van der Waals surface area contributed by atoms with Crippen LogP contribution in [-0.4, -0.2) is 16.3 Å². The largest absolute Gasteiger partial charge is 0.328 e. The van der Waals surface area contributed by atoms with E-state index in [0.717, 1.165) is 0 Å². The summed E-state index contributed by atoms with van der Waals surface area (Å²) in [7, 11) is 0. The molecular weight excluding hydrogens is 241 g/mol. The Labute approximate surface area is 104 Å². The maximum absolute atomic E-state index is 13.2. The summed E-state index contributed by atoms with van der Waals surface area (Å²) in [4.78, 5) is 0. The van der Waals surface area contributed by atoms with Crippen molar-refractivity contribution in [3.63, 3.8) is 0 Å². The normalized spacial score (nSPS) is 12.7. The third-order valence-corrected chi connectivity index (χ3v) is 2.78. The Balaban J connectivity index is 2.36. The highest BCUT2D eigenvalue weighted by molar-refractivity contribution is 6.30. The standard InChI is InChI=1S/C12H13ClFN3/c1-8(7-15)17-3-2-12(16-17)9-4-10(13)6-11(14)5-9/h2-6,8H,7,15H2,1H3. The predicted octanol–water partition coefficient (Wildman–Crippen LogP) is 2.86. The van der Waals surface area contributed by atoms with E-state index >= 15 is 0 Å². The Hall–Kier alpha value is -1.39. The van der Waals surface area contributed by atoms with Crippen LogP contribution in [-0.2, 0) is 0 Å². The van der Waals surface area contributed by atoms with Crippen molar-refractivity contribution in [3.8, 4) is 11.3 Å². The summed E-state index contributed by atoms with van der Waals surface area (Å²) in [6.07, 6.45) is 1.83. The van der Waals surface area contributed by atoms with Gasteiger partial charge in [-0.25, -0.2) is 4.39 Å². The van der Waals surface area contributed by atoms with Crippen LogP contribution in [0.4, 0.5) is 4.39 Å². The number of benzene rings is 1. The molecule has 3 nitrogen and oxygen atoms in total. The van der Waals surface area contributed by atoms with Gasteiger partial charge in [0.1, 0.15) is 5.82 Å². The van der Waals surface area contributed by atoms with Crippen molar-refractivity contribution in [1.82, 2.24) is 9.78 Å². The molecule has 1 aromatic carbocycles. The maximum atomic E-state index is 13.2. The molecule has 17 heavy (non-hydrogen) atoms. The molecule has 1 atom stereocenters. The van der Waals surface area contributed by atoms with Gasteiger partial charge in [0.25, 0.3) is 0 Å². The number of hydrogen-bond donors (Lipinski definition) is 1. The molecular formula is C12H13ClFN3. The van der Waals surface area contributed by atoms with Gasteiger partial charge < -0.3 is 5.73 Å². The highest BCUT2D eigenvalue weighted by Crippen LogP contribution is 2.23. The highest BCUT2D eigenvalue weighted by atomic mass is 35.5. The van der Waals surface area contributed by atoms with Gasteiger partial charge in [-0.3, -0.25) is 4.68 Å². The number of nitrogens with zero attached hydrogens (tertiary/aromatic N) is 2. The topological polar surface area (TPSA) is 43.8 Å². The van der Waals surface area contributed by atoms with Crippen LogP contribution >= 0.6 is 11.6 Å². The van der Waals surface area contributed by atoms with Crippen LogP contribution in [0.1, 0.15) is 13.0 Å². The van der Waals surface area contributed by atoms with Gasteiger partial charge >= 0.3 is 0 Å². The van der Waals surface area contributed by atoms with Crippen molar-refractivity contribution in [3.05, 3.63) is 41.3 Å². The molecule has 1 aromatic heterocycles. The van der Waals surface area contributed by atoms with Crippen molar-refractivity contribution in [1.29, 1.82) is 0 Å². The number of aromatic nitrogens is 2. The van der Waals surface area contributed by atoms with Gasteiger partial charge in [-0.05, 0) is 31.2 Å². The van der Waals surface area contributed by atoms with Gasteiger partial charge in [0.15, 0.2) is 0 Å². The summed E-state index contributed by atoms with van der Waals surface area (Å²) in [6, 6.07) is 6.30. The van der Waals surface area contributed by atoms with E-state index in [1.54, 1.807) is 10.7 Å². The van der Waals surface area contributed by atoms with Gasteiger partial charge in [-0.2, -0.15) is 5.10 Å². The predicted molar refractivity (Wildman–Crippen MR) is 66.4 cm³/mol. The molecule has 2 aromatic rings. The average molecular weight is 254 g/mol. The molecule has 2 rings (SSSR count). The first kappa shape index (κ1) is 12.1. The van der Waals surface area contributed by atoms with E-state index in [-0.39, 0.29) is 11.9 Å². The number of nitrogens with two attached hydrogens (primary N) is 1. The minimum absolute atomic E-state index is 0.118. The number of rotatable bonds is 3. The summed E-state index contributed by atoms with van der Waals surface area (Å²) in [5, 5.41) is 4.71. The molecule has 1 unspecified atom stereocenters. The molecule has 90 valence electrons. The third-order valence-electron chi connectivity index (χ3n) is 2.56. The summed E-state index contributed by atoms with van der Waals surface area (Å²) in [5.74, 6) is -0.367. The monoisotopic (exact) mass is 253 g/mol. The first-order valence-corrected chi connectivity index (χ1v) is 5.69. The fourth-order valence-corrected chi connectivity index (χ4v) is 1.77. The van der Waals surface area contributed by atoms with Crippen molar-refractivity contribution >= 4 is 11.6 Å². The Bertz CT molecular complexity index is 504. The minimum atomic E-state index is -0.367. The molecule has 0 aliphatic rings. The van der Waals surface area contributed by atoms with Crippen LogP contribution in [0.15, 0.2) is 30.5 Å². The van der Waals surface area contributed by atoms with Gasteiger partial charge in [0.2, 0.25) is 0 Å². The molecule has 5 heteroatoms. The molecule has 0 aliphatic carbocycles. The zero-order valence-corrected chi connectivity index (χ0v) is 10.2. The molecule has 0 aliphatic heterocycles. The lowest BCUT2D eigenvalue weighted by Crippen LogP contribution is -2.16. The molecule has 2 N–H and O–H groups in total. The van der Waals surface area contributed by atoms with Crippen molar-refractivity contribution in [2.24, 2.45) is 5.73 Å². The Morgan fingerprint density at radius 2 is 2.24 bits per heavy atom. The Morgan fingerprint density at radius 1 is 1.47 bits per heavy atom. The SMILES string of the molecule is CC(CN)n1ccc(-c2cc(F)cc(Cl)c2)n1. The zero-order valence-electron chi connectivity index (χ0n) is 9.40. The van der Waals surface area contributed by atoms with E-state index in [9.17, 15) is 4.39 Å². The van der Waals surface area contributed by atoms with Gasteiger partial charge in [-0.15, -0.1) is 0 Å². The first-order valence-electron chi connectivity index (χ1n) is 5.32. The van der Waals surface area contributed by atoms with Crippen molar-refractivity contribution in [2.75, 3.05) is 6.54 Å². The minimum Gasteiger partial charge on any atom is -0.328 e. The van der Waals surface area contributed by atoms with E-state index < -0.39 is 0 Å². The zero-order chi connectivity index (χ0) is 12.4. The molecule has 0 radical (unpaired) electrons. The second-order valence-electron chi connectivity index (χ2n) is 3.92. The maximum Gasteiger partial charge on any atom is 0.125 e. The average Bonchev–Trinajstić information content (AvgIpc) is 2.76.